The van der Waals surface area contributed by atoms with Gasteiger partial charge in [0.25, 0.3) is 5.91 Å². The standard InChI is InChI=1S/C13H10ClN3O4/c14-9-4-3-8(20-9)11-10(12(15)21-17-11)13(18)16-6-7-2-1-5-19-7/h1-5H,6,15H2,(H,16,18). The van der Waals surface area contributed by atoms with Gasteiger partial charge >= 0.3 is 0 Å². The van der Waals surface area contributed by atoms with Crippen molar-refractivity contribution in [2.75, 3.05) is 5.73 Å². The smallest absolute Gasteiger partial charge is 0.259 e. The van der Waals surface area contributed by atoms with Crippen molar-refractivity contribution in [3.05, 3.63) is 47.1 Å². The number of nitrogens with one attached hydrogen (secondary N) is 1. The van der Waals surface area contributed by atoms with Gasteiger partial charge in [-0.25, -0.2) is 0 Å². The summed E-state index contributed by atoms with van der Waals surface area (Å²) in [5.74, 6) is 0.353. The number of hydrogen-bond donors (Lipinski definition) is 2. The van der Waals surface area contributed by atoms with Crippen LogP contribution < -0.4 is 11.1 Å². The summed E-state index contributed by atoms with van der Waals surface area (Å²) in [4.78, 5) is 12.2. The van der Waals surface area contributed by atoms with E-state index in [0.717, 1.165) is 0 Å². The molecular weight excluding hydrogens is 298 g/mol. The largest absolute Gasteiger partial charge is 0.467 e. The maximum absolute atomic E-state index is 12.2. The Morgan fingerprint density at radius 3 is 2.90 bits per heavy atom. The van der Waals surface area contributed by atoms with Gasteiger partial charge in [-0.05, 0) is 35.9 Å². The molecule has 0 aromatic carbocycles. The normalized spacial score (nSPS) is 10.7. The molecule has 0 fully saturated rings. The predicted molar refractivity (Wildman–Crippen MR) is 73.5 cm³/mol. The molecule has 3 rings (SSSR count). The number of hydrogen-bond acceptors (Lipinski definition) is 6. The highest BCUT2D eigenvalue weighted by Gasteiger charge is 2.24. The van der Waals surface area contributed by atoms with Gasteiger partial charge in [-0.3, -0.25) is 4.79 Å². The van der Waals surface area contributed by atoms with Crippen LogP contribution in [0.15, 0.2) is 43.9 Å². The van der Waals surface area contributed by atoms with Crippen LogP contribution in [0.3, 0.4) is 0 Å². The number of anilines is 1. The number of carbonyl (C=O) groups is 1. The predicted octanol–water partition coefficient (Wildman–Crippen LogP) is 2.69. The molecule has 0 saturated heterocycles. The van der Waals surface area contributed by atoms with Gasteiger partial charge in [-0.2, -0.15) is 0 Å². The number of nitrogens with zero attached hydrogens (tertiary/aromatic N) is 1. The van der Waals surface area contributed by atoms with Crippen molar-refractivity contribution in [2.24, 2.45) is 0 Å². The van der Waals surface area contributed by atoms with Crippen molar-refractivity contribution in [1.29, 1.82) is 0 Å². The second kappa shape index (κ2) is 5.37. The van der Waals surface area contributed by atoms with Gasteiger partial charge in [0.05, 0.1) is 12.8 Å². The van der Waals surface area contributed by atoms with E-state index in [-0.39, 0.29) is 28.9 Å². The highest BCUT2D eigenvalue weighted by atomic mass is 35.5. The second-order valence-corrected chi connectivity index (χ2v) is 4.51. The van der Waals surface area contributed by atoms with E-state index < -0.39 is 5.91 Å². The van der Waals surface area contributed by atoms with E-state index in [9.17, 15) is 4.79 Å². The Labute approximate surface area is 123 Å². The Bertz CT molecular complexity index is 760. The Morgan fingerprint density at radius 1 is 1.38 bits per heavy atom. The number of amides is 1. The first-order valence-electron chi connectivity index (χ1n) is 5.96. The highest BCUT2D eigenvalue weighted by molar-refractivity contribution is 6.29. The molecule has 3 N–H and O–H groups in total. The molecule has 0 spiro atoms. The maximum atomic E-state index is 12.2. The Balaban J connectivity index is 1.84. The van der Waals surface area contributed by atoms with Crippen molar-refractivity contribution in [1.82, 2.24) is 10.5 Å². The molecule has 7 nitrogen and oxygen atoms in total. The summed E-state index contributed by atoms with van der Waals surface area (Å²) >= 11 is 5.71. The van der Waals surface area contributed by atoms with Crippen LogP contribution in [0.4, 0.5) is 5.88 Å². The molecule has 8 heteroatoms. The quantitative estimate of drug-likeness (QED) is 0.767. The molecule has 0 saturated carbocycles. The summed E-state index contributed by atoms with van der Waals surface area (Å²) in [6.45, 7) is 0.217. The fraction of sp³-hybridized carbons (Fsp3) is 0.0769. The number of nitrogen functional groups attached to an aromatic ring is 1. The van der Waals surface area contributed by atoms with Crippen LogP contribution in [0, 0.1) is 0 Å². The van der Waals surface area contributed by atoms with Crippen LogP contribution in [0.2, 0.25) is 5.22 Å². The van der Waals surface area contributed by atoms with E-state index >= 15 is 0 Å². The molecule has 108 valence electrons. The molecule has 0 aliphatic heterocycles. The average Bonchev–Trinajstić information content (AvgIpc) is 3.17. The molecule has 1 amide bonds. The van der Waals surface area contributed by atoms with Crippen LogP contribution in [0.25, 0.3) is 11.5 Å². The van der Waals surface area contributed by atoms with Gasteiger partial charge in [0.2, 0.25) is 5.88 Å². The first kappa shape index (κ1) is 13.3. The zero-order chi connectivity index (χ0) is 14.8. The fourth-order valence-electron chi connectivity index (χ4n) is 1.80. The zero-order valence-electron chi connectivity index (χ0n) is 10.6. The van der Waals surface area contributed by atoms with E-state index in [0.29, 0.717) is 11.5 Å². The summed E-state index contributed by atoms with van der Waals surface area (Å²) in [6, 6.07) is 6.57. The lowest BCUT2D eigenvalue weighted by molar-refractivity contribution is 0.0949. The van der Waals surface area contributed by atoms with Gasteiger partial charge in [0, 0.05) is 0 Å². The maximum Gasteiger partial charge on any atom is 0.259 e. The molecule has 0 aliphatic carbocycles. The molecule has 0 bridgehead atoms. The number of rotatable bonds is 4. The minimum absolute atomic E-state index is 0.0903. The zero-order valence-corrected chi connectivity index (χ0v) is 11.4. The highest BCUT2D eigenvalue weighted by Crippen LogP contribution is 2.29. The van der Waals surface area contributed by atoms with Crippen LogP contribution in [0.1, 0.15) is 16.1 Å². The minimum Gasteiger partial charge on any atom is -0.467 e. The van der Waals surface area contributed by atoms with Crippen molar-refractivity contribution < 1.29 is 18.2 Å². The first-order chi connectivity index (χ1) is 10.1. The summed E-state index contributed by atoms with van der Waals surface area (Å²) in [7, 11) is 0. The summed E-state index contributed by atoms with van der Waals surface area (Å²) in [5, 5.41) is 6.56. The lowest BCUT2D eigenvalue weighted by Gasteiger charge is -2.02. The first-order valence-corrected chi connectivity index (χ1v) is 6.34. The van der Waals surface area contributed by atoms with Crippen LogP contribution in [0.5, 0.6) is 0 Å². The van der Waals surface area contributed by atoms with E-state index in [4.69, 9.17) is 30.7 Å². The topological polar surface area (TPSA) is 107 Å². The lowest BCUT2D eigenvalue weighted by atomic mass is 10.2. The van der Waals surface area contributed by atoms with Gasteiger partial charge < -0.3 is 24.4 Å². The monoisotopic (exact) mass is 307 g/mol. The summed E-state index contributed by atoms with van der Waals surface area (Å²) in [5.41, 5.74) is 5.93. The third kappa shape index (κ3) is 2.63. The number of nitrogens with two attached hydrogens (primary N) is 1. The van der Waals surface area contributed by atoms with Gasteiger partial charge in [0.1, 0.15) is 11.3 Å². The minimum atomic E-state index is -0.451. The molecule has 0 aliphatic rings. The van der Waals surface area contributed by atoms with Gasteiger partial charge in [-0.15, -0.1) is 0 Å². The molecule has 0 unspecified atom stereocenters. The van der Waals surface area contributed by atoms with E-state index in [1.54, 1.807) is 18.2 Å². The fourth-order valence-corrected chi connectivity index (χ4v) is 1.95. The number of halogens is 1. The molecule has 3 heterocycles. The molecule has 0 atom stereocenters. The van der Waals surface area contributed by atoms with Crippen LogP contribution in [-0.4, -0.2) is 11.1 Å². The third-order valence-electron chi connectivity index (χ3n) is 2.76. The van der Waals surface area contributed by atoms with Crippen molar-refractivity contribution >= 4 is 23.4 Å². The molecule has 3 aromatic heterocycles. The Hall–Kier alpha value is -2.67. The summed E-state index contributed by atoms with van der Waals surface area (Å²) in [6.07, 6.45) is 1.52. The molecule has 3 aromatic rings. The number of aromatic nitrogens is 1. The van der Waals surface area contributed by atoms with Crippen LogP contribution in [-0.2, 0) is 6.54 Å². The van der Waals surface area contributed by atoms with Crippen molar-refractivity contribution in [2.45, 2.75) is 6.54 Å². The summed E-state index contributed by atoms with van der Waals surface area (Å²) < 4.78 is 15.2. The van der Waals surface area contributed by atoms with Crippen LogP contribution >= 0.6 is 11.6 Å². The van der Waals surface area contributed by atoms with E-state index in [1.165, 1.54) is 12.3 Å². The SMILES string of the molecule is Nc1onc(-c2ccc(Cl)o2)c1C(=O)NCc1ccco1. The Kier molecular flexibility index (Phi) is 3.41. The number of furan rings is 2. The molecule has 21 heavy (non-hydrogen) atoms. The van der Waals surface area contributed by atoms with E-state index in [2.05, 4.69) is 10.5 Å². The molecular formula is C13H10ClN3O4. The number of carbonyl (C=O) groups excluding carboxylic acids is 1. The van der Waals surface area contributed by atoms with E-state index in [1.807, 2.05) is 0 Å². The molecule has 0 radical (unpaired) electrons. The van der Waals surface area contributed by atoms with Gasteiger partial charge in [-0.1, -0.05) is 5.16 Å². The lowest BCUT2D eigenvalue weighted by Crippen LogP contribution is -2.23. The van der Waals surface area contributed by atoms with Crippen molar-refractivity contribution in [3.63, 3.8) is 0 Å². The second-order valence-electron chi connectivity index (χ2n) is 4.14. The third-order valence-corrected chi connectivity index (χ3v) is 2.96. The Morgan fingerprint density at radius 2 is 2.24 bits per heavy atom. The van der Waals surface area contributed by atoms with Crippen molar-refractivity contribution in [3.8, 4) is 11.5 Å². The van der Waals surface area contributed by atoms with Gasteiger partial charge in [0.15, 0.2) is 16.7 Å². The average molecular weight is 308 g/mol.